The number of nitrogens with zero attached hydrogens (tertiary/aromatic N) is 3. The van der Waals surface area contributed by atoms with E-state index in [1.165, 1.54) is 27.8 Å². The first-order valence-corrected chi connectivity index (χ1v) is 12.5. The van der Waals surface area contributed by atoms with Crippen molar-refractivity contribution in [2.75, 3.05) is 13.1 Å². The summed E-state index contributed by atoms with van der Waals surface area (Å²) in [6.45, 7) is 5.25. The molecule has 31 heavy (non-hydrogen) atoms. The number of rotatable bonds is 4. The number of benzene rings is 2. The lowest BCUT2D eigenvalue weighted by atomic mass is 9.98. The van der Waals surface area contributed by atoms with Gasteiger partial charge in [-0.1, -0.05) is 17.4 Å². The van der Waals surface area contributed by atoms with Crippen LogP contribution in [0.25, 0.3) is 10.2 Å². The highest BCUT2D eigenvalue weighted by Crippen LogP contribution is 2.25. The van der Waals surface area contributed by atoms with E-state index in [1.807, 2.05) is 30.5 Å². The summed E-state index contributed by atoms with van der Waals surface area (Å²) in [7, 11) is -3.70. The molecule has 1 aliphatic rings. The molecule has 1 saturated heterocycles. The van der Waals surface area contributed by atoms with Crippen LogP contribution in [-0.2, 0) is 21.4 Å². The monoisotopic (exact) mass is 461 g/mol. The summed E-state index contributed by atoms with van der Waals surface area (Å²) >= 11 is 1.50. The van der Waals surface area contributed by atoms with E-state index < -0.39 is 15.8 Å². The van der Waals surface area contributed by atoms with Crippen molar-refractivity contribution in [3.05, 3.63) is 58.6 Å². The predicted molar refractivity (Wildman–Crippen MR) is 119 cm³/mol. The number of fused-ring (bicyclic) bond motifs is 1. The Kier molecular flexibility index (Phi) is 6.09. The fourth-order valence-corrected chi connectivity index (χ4v) is 6.52. The Bertz CT molecular complexity index is 1290. The highest BCUT2D eigenvalue weighted by molar-refractivity contribution is 7.89. The molecule has 0 saturated carbocycles. The van der Waals surface area contributed by atoms with Gasteiger partial charge in [-0.3, -0.25) is 4.79 Å². The summed E-state index contributed by atoms with van der Waals surface area (Å²) in [5.74, 6) is -0.994. The number of carbonyl (C=O) groups excluding carboxylic acids is 1. The first kappa shape index (κ1) is 21.9. The second-order valence-corrected chi connectivity index (χ2v) is 10.6. The molecular formula is C22H24FN3O3S2. The van der Waals surface area contributed by atoms with E-state index in [2.05, 4.69) is 11.1 Å². The third-order valence-corrected chi connectivity index (χ3v) is 8.57. The van der Waals surface area contributed by atoms with E-state index in [9.17, 15) is 17.6 Å². The maximum absolute atomic E-state index is 13.1. The summed E-state index contributed by atoms with van der Waals surface area (Å²) in [5, 5.41) is 0. The van der Waals surface area contributed by atoms with Gasteiger partial charge in [-0.15, -0.1) is 0 Å². The quantitative estimate of drug-likeness (QED) is 0.595. The first-order chi connectivity index (χ1) is 14.8. The first-order valence-electron chi connectivity index (χ1n) is 10.2. The van der Waals surface area contributed by atoms with Gasteiger partial charge < -0.3 is 4.57 Å². The minimum absolute atomic E-state index is 0.0629. The Labute approximate surface area is 184 Å². The van der Waals surface area contributed by atoms with Crippen molar-refractivity contribution >= 4 is 37.5 Å². The van der Waals surface area contributed by atoms with Gasteiger partial charge in [-0.25, -0.2) is 12.8 Å². The smallest absolute Gasteiger partial charge is 0.251 e. The number of aromatic nitrogens is 1. The average molecular weight is 462 g/mol. The van der Waals surface area contributed by atoms with Crippen LogP contribution in [0.2, 0.25) is 0 Å². The molecule has 6 nitrogen and oxygen atoms in total. The normalized spacial score (nSPS) is 16.8. The topological polar surface area (TPSA) is 71.7 Å². The molecule has 0 unspecified atom stereocenters. The molecule has 1 aliphatic heterocycles. The van der Waals surface area contributed by atoms with Gasteiger partial charge in [-0.2, -0.15) is 9.30 Å². The molecule has 2 heterocycles. The number of hydrogen-bond donors (Lipinski definition) is 0. The Morgan fingerprint density at radius 2 is 1.84 bits per heavy atom. The van der Waals surface area contributed by atoms with Gasteiger partial charge in [0.1, 0.15) is 5.82 Å². The number of thiazole rings is 1. The van der Waals surface area contributed by atoms with Gasteiger partial charge in [-0.05, 0) is 68.7 Å². The summed E-state index contributed by atoms with van der Waals surface area (Å²) < 4.78 is 43.1. The Morgan fingerprint density at radius 1 is 1.16 bits per heavy atom. The number of piperidine rings is 1. The Morgan fingerprint density at radius 3 is 2.48 bits per heavy atom. The largest absolute Gasteiger partial charge is 0.317 e. The van der Waals surface area contributed by atoms with E-state index in [0.717, 1.165) is 27.9 Å². The molecule has 9 heteroatoms. The van der Waals surface area contributed by atoms with Crippen LogP contribution >= 0.6 is 11.3 Å². The van der Waals surface area contributed by atoms with Crippen molar-refractivity contribution < 1.29 is 17.6 Å². The molecule has 3 aromatic rings. The van der Waals surface area contributed by atoms with Gasteiger partial charge in [0.15, 0.2) is 4.80 Å². The molecule has 1 amide bonds. The maximum atomic E-state index is 13.1. The standard InChI is InChI=1S/C22H24FN3O3S2/c1-3-26-19-9-4-15(2)14-20(19)30-22(26)24-21(27)16-10-12-25(13-11-16)31(28,29)18-7-5-17(23)6-8-18/h4-9,14,16H,3,10-13H2,1-2H3. The van der Waals surface area contributed by atoms with Crippen LogP contribution in [0.15, 0.2) is 52.4 Å². The van der Waals surface area contributed by atoms with Crippen molar-refractivity contribution in [1.29, 1.82) is 0 Å². The third-order valence-electron chi connectivity index (χ3n) is 5.61. The van der Waals surface area contributed by atoms with Crippen molar-refractivity contribution in [3.8, 4) is 0 Å². The molecule has 164 valence electrons. The fourth-order valence-electron chi connectivity index (χ4n) is 3.86. The number of sulfonamides is 1. The lowest BCUT2D eigenvalue weighted by Gasteiger charge is -2.29. The zero-order valence-electron chi connectivity index (χ0n) is 17.4. The van der Waals surface area contributed by atoms with Crippen LogP contribution in [0.3, 0.4) is 0 Å². The van der Waals surface area contributed by atoms with E-state index in [-0.39, 0.29) is 29.8 Å². The molecule has 0 atom stereocenters. The van der Waals surface area contributed by atoms with Crippen molar-refractivity contribution in [1.82, 2.24) is 8.87 Å². The summed E-state index contributed by atoms with van der Waals surface area (Å²) in [6, 6.07) is 11.0. The molecule has 1 fully saturated rings. The molecule has 0 N–H and O–H groups in total. The van der Waals surface area contributed by atoms with Crippen LogP contribution in [0.5, 0.6) is 0 Å². The number of halogens is 1. The lowest BCUT2D eigenvalue weighted by molar-refractivity contribution is -0.122. The highest BCUT2D eigenvalue weighted by atomic mass is 32.2. The third kappa shape index (κ3) is 4.35. The van der Waals surface area contributed by atoms with Crippen LogP contribution in [0.1, 0.15) is 25.3 Å². The summed E-state index contributed by atoms with van der Waals surface area (Å²) in [6.07, 6.45) is 0.831. The van der Waals surface area contributed by atoms with Crippen LogP contribution in [-0.4, -0.2) is 36.3 Å². The van der Waals surface area contributed by atoms with Crippen LogP contribution in [0.4, 0.5) is 4.39 Å². The van der Waals surface area contributed by atoms with Gasteiger partial charge in [0, 0.05) is 25.6 Å². The Balaban J connectivity index is 1.51. The second-order valence-electron chi connectivity index (χ2n) is 7.68. The summed E-state index contributed by atoms with van der Waals surface area (Å²) in [4.78, 5) is 18.0. The zero-order valence-corrected chi connectivity index (χ0v) is 19.0. The molecule has 0 aliphatic carbocycles. The van der Waals surface area contributed by atoms with Gasteiger partial charge in [0.25, 0.3) is 5.91 Å². The van der Waals surface area contributed by atoms with Crippen LogP contribution in [0, 0.1) is 18.7 Å². The van der Waals surface area contributed by atoms with E-state index in [0.29, 0.717) is 24.2 Å². The van der Waals surface area contributed by atoms with Crippen molar-refractivity contribution in [2.45, 2.75) is 38.1 Å². The molecule has 1 aromatic heterocycles. The molecule has 0 bridgehead atoms. The maximum Gasteiger partial charge on any atom is 0.251 e. The van der Waals surface area contributed by atoms with Gasteiger partial charge in [0.2, 0.25) is 10.0 Å². The van der Waals surface area contributed by atoms with E-state index in [1.54, 1.807) is 0 Å². The van der Waals surface area contributed by atoms with Crippen LogP contribution < -0.4 is 4.80 Å². The average Bonchev–Trinajstić information content (AvgIpc) is 3.09. The van der Waals surface area contributed by atoms with E-state index in [4.69, 9.17) is 0 Å². The Hall–Kier alpha value is -2.36. The number of amides is 1. The highest BCUT2D eigenvalue weighted by Gasteiger charge is 2.32. The van der Waals surface area contributed by atoms with Crippen molar-refractivity contribution in [3.63, 3.8) is 0 Å². The predicted octanol–water partition coefficient (Wildman–Crippen LogP) is 3.70. The zero-order chi connectivity index (χ0) is 22.2. The SMILES string of the molecule is CCn1c(=NC(=O)C2CCN(S(=O)(=O)c3ccc(F)cc3)CC2)sc2cc(C)ccc21. The van der Waals surface area contributed by atoms with E-state index >= 15 is 0 Å². The molecule has 0 spiro atoms. The molecular weight excluding hydrogens is 437 g/mol. The minimum Gasteiger partial charge on any atom is -0.317 e. The van der Waals surface area contributed by atoms with Crippen molar-refractivity contribution in [2.24, 2.45) is 10.9 Å². The fraction of sp³-hybridized carbons (Fsp3) is 0.364. The lowest BCUT2D eigenvalue weighted by Crippen LogP contribution is -2.40. The number of aryl methyl sites for hydroxylation is 2. The van der Waals surface area contributed by atoms with Gasteiger partial charge in [0.05, 0.1) is 15.1 Å². The molecule has 0 radical (unpaired) electrons. The molecule has 2 aromatic carbocycles. The van der Waals surface area contributed by atoms with Gasteiger partial charge >= 0.3 is 0 Å². The minimum atomic E-state index is -3.70. The summed E-state index contributed by atoms with van der Waals surface area (Å²) in [5.41, 5.74) is 2.22. The second kappa shape index (κ2) is 8.64. The molecule has 4 rings (SSSR count). The number of hydrogen-bond acceptors (Lipinski definition) is 4. The number of carbonyl (C=O) groups is 1.